The minimum absolute atomic E-state index is 0.0437. The van der Waals surface area contributed by atoms with E-state index in [1.807, 2.05) is 0 Å². The third kappa shape index (κ3) is 5.32. The Morgan fingerprint density at radius 1 is 1.08 bits per heavy atom. The largest absolute Gasteiger partial charge is 0.394 e. The zero-order valence-corrected chi connectivity index (χ0v) is 19.0. The van der Waals surface area contributed by atoms with Crippen LogP contribution in [0.2, 0.25) is 0 Å². The predicted molar refractivity (Wildman–Crippen MR) is 117 cm³/mol. The van der Waals surface area contributed by atoms with Crippen LogP contribution in [0.4, 0.5) is 27.6 Å². The van der Waals surface area contributed by atoms with Crippen molar-refractivity contribution in [2.24, 2.45) is 0 Å². The molecule has 1 saturated heterocycles. The fraction of sp³-hybridized carbons (Fsp3) is 0.304. The van der Waals surface area contributed by atoms with Gasteiger partial charge < -0.3 is 35.3 Å². The molecule has 10 nitrogen and oxygen atoms in total. The lowest BCUT2D eigenvalue weighted by Crippen LogP contribution is -2.61. The van der Waals surface area contributed by atoms with Crippen LogP contribution in [0, 0.1) is 17.5 Å². The maximum atomic E-state index is 13.8. The topological polar surface area (TPSA) is 146 Å². The van der Waals surface area contributed by atoms with Crippen LogP contribution in [0.25, 0.3) is 11.1 Å². The quantitative estimate of drug-likeness (QED) is 0.221. The Balaban J connectivity index is 1.61. The lowest BCUT2D eigenvalue weighted by Gasteiger charge is -2.38. The number of halogens is 5. The molecule has 1 aliphatic heterocycles. The van der Waals surface area contributed by atoms with Gasteiger partial charge in [-0.25, -0.2) is 22.0 Å². The number of ether oxygens (including phenoxy) is 1. The van der Waals surface area contributed by atoms with Crippen LogP contribution < -0.4 is 10.2 Å². The summed E-state index contributed by atoms with van der Waals surface area (Å²) in [4.78, 5) is 18.4. The molecule has 38 heavy (non-hydrogen) atoms. The fourth-order valence-corrected chi connectivity index (χ4v) is 3.76. The number of aromatic nitrogens is 2. The van der Waals surface area contributed by atoms with Crippen LogP contribution >= 0.6 is 0 Å². The van der Waals surface area contributed by atoms with Crippen molar-refractivity contribution in [3.05, 3.63) is 71.3 Å². The molecule has 5 atom stereocenters. The molecule has 0 spiro atoms. The molecule has 1 fully saturated rings. The molecule has 0 aliphatic carbocycles. The van der Waals surface area contributed by atoms with Crippen molar-refractivity contribution in [2.75, 3.05) is 11.9 Å². The summed E-state index contributed by atoms with van der Waals surface area (Å²) in [6.07, 6.45) is -11.1. The SMILES string of the molecule is O=C(Nc1ccccc1-c1cc(F)c(F)c(F)c1)c1cn(O[C@@H]2O[C@H](CO)[C@@H](O)[C@H](O)[C@H]2O)nc1C(F)F. The Morgan fingerprint density at radius 3 is 2.37 bits per heavy atom. The van der Waals surface area contributed by atoms with Gasteiger partial charge in [0.2, 0.25) is 0 Å². The van der Waals surface area contributed by atoms with Gasteiger partial charge in [-0.3, -0.25) is 4.79 Å². The Bertz CT molecular complexity index is 1300. The highest BCUT2D eigenvalue weighted by Crippen LogP contribution is 2.31. The molecular formula is C23H20F5N3O7. The van der Waals surface area contributed by atoms with Crippen molar-refractivity contribution in [3.8, 4) is 11.1 Å². The van der Waals surface area contributed by atoms with Gasteiger partial charge in [0.15, 0.2) is 17.5 Å². The van der Waals surface area contributed by atoms with Crippen LogP contribution in [0.1, 0.15) is 22.5 Å². The first-order chi connectivity index (χ1) is 18.0. The zero-order chi connectivity index (χ0) is 27.7. The second kappa shape index (κ2) is 11.0. The number of hydrogen-bond donors (Lipinski definition) is 5. The van der Waals surface area contributed by atoms with Gasteiger partial charge in [-0.05, 0) is 23.8 Å². The van der Waals surface area contributed by atoms with Gasteiger partial charge in [0, 0.05) is 11.3 Å². The smallest absolute Gasteiger partial charge is 0.283 e. The minimum atomic E-state index is -3.29. The average molecular weight is 545 g/mol. The third-order valence-corrected chi connectivity index (χ3v) is 5.70. The predicted octanol–water partition coefficient (Wildman–Crippen LogP) is 1.39. The van der Waals surface area contributed by atoms with Gasteiger partial charge in [-0.15, -0.1) is 9.94 Å². The van der Waals surface area contributed by atoms with Gasteiger partial charge in [0.1, 0.15) is 30.1 Å². The van der Waals surface area contributed by atoms with E-state index in [1.165, 1.54) is 24.3 Å². The zero-order valence-electron chi connectivity index (χ0n) is 19.0. The number of benzene rings is 2. The number of carbonyl (C=O) groups excluding carboxylic acids is 1. The van der Waals surface area contributed by atoms with Crippen LogP contribution in [-0.2, 0) is 4.74 Å². The highest BCUT2D eigenvalue weighted by atomic mass is 19.3. The molecule has 2 heterocycles. The molecular weight excluding hydrogens is 525 g/mol. The summed E-state index contributed by atoms with van der Waals surface area (Å²) in [7, 11) is 0. The van der Waals surface area contributed by atoms with Crippen molar-refractivity contribution >= 4 is 11.6 Å². The molecule has 0 saturated carbocycles. The lowest BCUT2D eigenvalue weighted by atomic mass is 9.99. The molecule has 4 rings (SSSR count). The summed E-state index contributed by atoms with van der Waals surface area (Å²) in [5, 5.41) is 44.8. The monoisotopic (exact) mass is 545 g/mol. The van der Waals surface area contributed by atoms with Crippen LogP contribution in [0.15, 0.2) is 42.6 Å². The lowest BCUT2D eigenvalue weighted by molar-refractivity contribution is -0.303. The van der Waals surface area contributed by atoms with E-state index in [-0.39, 0.29) is 16.8 Å². The number of carbonyl (C=O) groups is 1. The highest BCUT2D eigenvalue weighted by molar-refractivity contribution is 6.06. The van der Waals surface area contributed by atoms with E-state index in [9.17, 15) is 47.2 Å². The van der Waals surface area contributed by atoms with Crippen LogP contribution in [-0.4, -0.2) is 73.6 Å². The maximum Gasteiger partial charge on any atom is 0.283 e. The molecule has 1 amide bonds. The van der Waals surface area contributed by atoms with Gasteiger partial charge >= 0.3 is 0 Å². The number of anilines is 1. The molecule has 3 aromatic rings. The summed E-state index contributed by atoms with van der Waals surface area (Å²) in [6, 6.07) is 6.95. The molecule has 15 heteroatoms. The third-order valence-electron chi connectivity index (χ3n) is 5.70. The van der Waals surface area contributed by atoms with Gasteiger partial charge in [-0.1, -0.05) is 18.2 Å². The number of nitrogens with one attached hydrogen (secondary N) is 1. The van der Waals surface area contributed by atoms with Crippen molar-refractivity contribution in [1.82, 2.24) is 9.94 Å². The van der Waals surface area contributed by atoms with E-state index in [0.29, 0.717) is 17.0 Å². The van der Waals surface area contributed by atoms with Crippen molar-refractivity contribution in [3.63, 3.8) is 0 Å². The molecule has 2 aromatic carbocycles. The first kappa shape index (κ1) is 27.4. The highest BCUT2D eigenvalue weighted by Gasteiger charge is 2.45. The van der Waals surface area contributed by atoms with Crippen molar-refractivity contribution < 1.29 is 56.7 Å². The molecule has 0 unspecified atom stereocenters. The van der Waals surface area contributed by atoms with Crippen LogP contribution in [0.5, 0.6) is 0 Å². The molecule has 0 radical (unpaired) electrons. The molecule has 1 aliphatic rings. The number of nitrogens with zero attached hydrogens (tertiary/aromatic N) is 2. The number of para-hydroxylation sites is 1. The van der Waals surface area contributed by atoms with E-state index in [2.05, 4.69) is 10.4 Å². The van der Waals surface area contributed by atoms with Crippen LogP contribution in [0.3, 0.4) is 0 Å². The fourth-order valence-electron chi connectivity index (χ4n) is 3.76. The summed E-state index contributed by atoms with van der Waals surface area (Å²) < 4.78 is 73.4. The van der Waals surface area contributed by atoms with Crippen molar-refractivity contribution in [2.45, 2.75) is 37.1 Å². The number of aliphatic hydroxyl groups excluding tert-OH is 4. The second-order valence-corrected chi connectivity index (χ2v) is 8.19. The Kier molecular flexibility index (Phi) is 7.94. The number of rotatable bonds is 7. The Labute approximate surface area is 210 Å². The Morgan fingerprint density at radius 2 is 1.74 bits per heavy atom. The average Bonchev–Trinajstić information content (AvgIpc) is 3.32. The maximum absolute atomic E-state index is 13.8. The summed E-state index contributed by atoms with van der Waals surface area (Å²) in [5.41, 5.74) is -1.92. The molecule has 204 valence electrons. The summed E-state index contributed by atoms with van der Waals surface area (Å²) >= 11 is 0. The standard InChI is InChI=1S/C23H20F5N3O7/c24-12-5-9(6-13(25)16(12)26)10-3-1-2-4-14(10)29-22(36)11-7-31(30-17(11)21(27)28)38-23-20(35)19(34)18(33)15(8-32)37-23/h1-7,15,18-21,23,32-35H,8H2,(H,29,36)/t15-,18-,19+,20-,23+/m1/s1. The van der Waals surface area contributed by atoms with E-state index in [4.69, 9.17) is 9.57 Å². The van der Waals surface area contributed by atoms with E-state index in [1.54, 1.807) is 0 Å². The summed E-state index contributed by atoms with van der Waals surface area (Å²) in [5.74, 6) is -5.79. The first-order valence-corrected chi connectivity index (χ1v) is 10.9. The normalized spacial score (nSPS) is 23.5. The van der Waals surface area contributed by atoms with E-state index < -0.39 is 78.4 Å². The molecule has 5 N–H and O–H groups in total. The number of aliphatic hydroxyl groups is 4. The van der Waals surface area contributed by atoms with Gasteiger partial charge in [0.05, 0.1) is 18.4 Å². The second-order valence-electron chi connectivity index (χ2n) is 8.19. The summed E-state index contributed by atoms with van der Waals surface area (Å²) in [6.45, 7) is -0.777. The number of alkyl halides is 2. The minimum Gasteiger partial charge on any atom is -0.394 e. The van der Waals surface area contributed by atoms with Gasteiger partial charge in [-0.2, -0.15) is 0 Å². The Hall–Kier alpha value is -3.63. The molecule has 0 bridgehead atoms. The number of amides is 1. The molecule has 1 aromatic heterocycles. The first-order valence-electron chi connectivity index (χ1n) is 10.9. The van der Waals surface area contributed by atoms with E-state index in [0.717, 1.165) is 6.20 Å². The van der Waals surface area contributed by atoms with E-state index >= 15 is 0 Å². The van der Waals surface area contributed by atoms with Crippen molar-refractivity contribution in [1.29, 1.82) is 0 Å². The van der Waals surface area contributed by atoms with Gasteiger partial charge in [0.25, 0.3) is 18.6 Å². The number of hydrogen-bond acceptors (Lipinski definition) is 8.